The van der Waals surface area contributed by atoms with Crippen molar-refractivity contribution in [1.82, 2.24) is 0 Å². The van der Waals surface area contributed by atoms with Gasteiger partial charge in [-0.05, 0) is 25.1 Å². The van der Waals surface area contributed by atoms with Gasteiger partial charge in [0.2, 0.25) is 5.91 Å². The van der Waals surface area contributed by atoms with E-state index in [9.17, 15) is 9.59 Å². The van der Waals surface area contributed by atoms with E-state index in [1.54, 1.807) is 31.2 Å². The molecular weight excluding hydrogens is 194 g/mol. The number of amides is 1. The second-order valence-corrected chi connectivity index (χ2v) is 2.98. The lowest BCUT2D eigenvalue weighted by molar-refractivity contribution is -0.114. The molecule has 80 valence electrons. The van der Waals surface area contributed by atoms with E-state index in [0.29, 0.717) is 17.9 Å². The van der Waals surface area contributed by atoms with Crippen LogP contribution in [0.4, 0.5) is 5.69 Å². The molecule has 4 heteroatoms. The summed E-state index contributed by atoms with van der Waals surface area (Å²) >= 11 is 0. The summed E-state index contributed by atoms with van der Waals surface area (Å²) in [5, 5.41) is 2.60. The van der Waals surface area contributed by atoms with Gasteiger partial charge in [0, 0.05) is 12.6 Å². The van der Waals surface area contributed by atoms with Crippen molar-refractivity contribution in [1.29, 1.82) is 0 Å². The molecule has 1 aromatic rings. The Hall–Kier alpha value is -1.84. The van der Waals surface area contributed by atoms with Crippen molar-refractivity contribution >= 4 is 17.6 Å². The molecule has 0 saturated carbocycles. The van der Waals surface area contributed by atoms with Crippen LogP contribution in [0.5, 0.6) is 0 Å². The van der Waals surface area contributed by atoms with E-state index in [2.05, 4.69) is 5.32 Å². The highest BCUT2D eigenvalue weighted by molar-refractivity contribution is 5.93. The summed E-state index contributed by atoms with van der Waals surface area (Å²) in [6.07, 6.45) is 0. The fourth-order valence-electron chi connectivity index (χ4n) is 1.14. The quantitative estimate of drug-likeness (QED) is 0.769. The predicted molar refractivity (Wildman–Crippen MR) is 56.7 cm³/mol. The van der Waals surface area contributed by atoms with Crippen LogP contribution >= 0.6 is 0 Å². The molecule has 0 unspecified atom stereocenters. The van der Waals surface area contributed by atoms with Crippen LogP contribution in [-0.4, -0.2) is 18.5 Å². The SMILES string of the molecule is CCOC(=O)c1cccc(NC(C)=O)c1. The molecule has 0 aliphatic heterocycles. The fourth-order valence-corrected chi connectivity index (χ4v) is 1.14. The Bertz CT molecular complexity index is 374. The molecule has 0 fully saturated rings. The number of carbonyl (C=O) groups is 2. The third-order valence-electron chi connectivity index (χ3n) is 1.69. The highest BCUT2D eigenvalue weighted by Gasteiger charge is 2.06. The first-order chi connectivity index (χ1) is 7.13. The minimum absolute atomic E-state index is 0.170. The molecule has 4 nitrogen and oxygen atoms in total. The average molecular weight is 207 g/mol. The van der Waals surface area contributed by atoms with Gasteiger partial charge in [-0.2, -0.15) is 0 Å². The van der Waals surface area contributed by atoms with Gasteiger partial charge in [-0.15, -0.1) is 0 Å². The maximum absolute atomic E-state index is 11.3. The van der Waals surface area contributed by atoms with Crippen LogP contribution in [0.15, 0.2) is 24.3 Å². The number of hydrogen-bond donors (Lipinski definition) is 1. The van der Waals surface area contributed by atoms with Crippen LogP contribution in [0.2, 0.25) is 0 Å². The van der Waals surface area contributed by atoms with Crippen molar-refractivity contribution < 1.29 is 14.3 Å². The summed E-state index contributed by atoms with van der Waals surface area (Å²) in [6.45, 7) is 3.50. The van der Waals surface area contributed by atoms with E-state index in [1.165, 1.54) is 6.92 Å². The van der Waals surface area contributed by atoms with Crippen LogP contribution in [0.3, 0.4) is 0 Å². The number of carbonyl (C=O) groups excluding carboxylic acids is 2. The number of benzene rings is 1. The van der Waals surface area contributed by atoms with Crippen LogP contribution in [0, 0.1) is 0 Å². The Balaban J connectivity index is 2.82. The molecule has 1 rings (SSSR count). The Kier molecular flexibility index (Phi) is 3.85. The average Bonchev–Trinajstić information content (AvgIpc) is 2.17. The summed E-state index contributed by atoms with van der Waals surface area (Å²) < 4.78 is 4.84. The minimum atomic E-state index is -0.385. The molecule has 1 N–H and O–H groups in total. The lowest BCUT2D eigenvalue weighted by Gasteiger charge is -2.05. The third-order valence-corrected chi connectivity index (χ3v) is 1.69. The topological polar surface area (TPSA) is 55.4 Å². The molecule has 0 atom stereocenters. The Labute approximate surface area is 88.2 Å². The first kappa shape index (κ1) is 11.2. The van der Waals surface area contributed by atoms with Crippen molar-refractivity contribution in [2.24, 2.45) is 0 Å². The van der Waals surface area contributed by atoms with Crippen LogP contribution in [-0.2, 0) is 9.53 Å². The summed E-state index contributed by atoms with van der Waals surface area (Å²) in [4.78, 5) is 22.1. The number of rotatable bonds is 3. The second kappa shape index (κ2) is 5.14. The molecule has 0 aliphatic carbocycles. The smallest absolute Gasteiger partial charge is 0.338 e. The van der Waals surface area contributed by atoms with Crippen LogP contribution < -0.4 is 5.32 Å². The molecule has 1 amide bonds. The normalized spacial score (nSPS) is 9.47. The number of ether oxygens (including phenoxy) is 1. The number of hydrogen-bond acceptors (Lipinski definition) is 3. The van der Waals surface area contributed by atoms with E-state index in [4.69, 9.17) is 4.74 Å². The Morgan fingerprint density at radius 3 is 2.73 bits per heavy atom. The number of esters is 1. The maximum atomic E-state index is 11.3. The zero-order chi connectivity index (χ0) is 11.3. The molecule has 0 saturated heterocycles. The summed E-state index contributed by atoms with van der Waals surface area (Å²) in [7, 11) is 0. The molecule has 0 aromatic heterocycles. The zero-order valence-corrected chi connectivity index (χ0v) is 8.74. The monoisotopic (exact) mass is 207 g/mol. The van der Waals surface area contributed by atoms with Gasteiger partial charge in [-0.25, -0.2) is 4.79 Å². The van der Waals surface area contributed by atoms with Gasteiger partial charge < -0.3 is 10.1 Å². The molecule has 0 bridgehead atoms. The van der Waals surface area contributed by atoms with Crippen molar-refractivity contribution in [3.05, 3.63) is 29.8 Å². The number of anilines is 1. The van der Waals surface area contributed by atoms with Crippen LogP contribution in [0.1, 0.15) is 24.2 Å². The highest BCUT2D eigenvalue weighted by Crippen LogP contribution is 2.11. The predicted octanol–water partition coefficient (Wildman–Crippen LogP) is 1.82. The van der Waals surface area contributed by atoms with Crippen molar-refractivity contribution in [2.45, 2.75) is 13.8 Å². The minimum Gasteiger partial charge on any atom is -0.462 e. The maximum Gasteiger partial charge on any atom is 0.338 e. The highest BCUT2D eigenvalue weighted by atomic mass is 16.5. The molecule has 15 heavy (non-hydrogen) atoms. The molecule has 0 spiro atoms. The van der Waals surface area contributed by atoms with Gasteiger partial charge >= 0.3 is 5.97 Å². The zero-order valence-electron chi connectivity index (χ0n) is 8.74. The summed E-state index contributed by atoms with van der Waals surface area (Å²) in [6, 6.07) is 6.63. The van der Waals surface area contributed by atoms with Gasteiger partial charge in [-0.3, -0.25) is 4.79 Å². The van der Waals surface area contributed by atoms with Gasteiger partial charge in [0.1, 0.15) is 0 Å². The molecule has 0 radical (unpaired) electrons. The van der Waals surface area contributed by atoms with E-state index in [1.807, 2.05) is 0 Å². The first-order valence-electron chi connectivity index (χ1n) is 4.68. The summed E-state index contributed by atoms with van der Waals surface area (Å²) in [5.74, 6) is -0.555. The van der Waals surface area contributed by atoms with E-state index in [0.717, 1.165) is 0 Å². The Morgan fingerprint density at radius 1 is 1.40 bits per heavy atom. The molecular formula is C11H13NO3. The molecule has 1 aromatic carbocycles. The van der Waals surface area contributed by atoms with E-state index < -0.39 is 0 Å². The van der Waals surface area contributed by atoms with Gasteiger partial charge in [0.15, 0.2) is 0 Å². The lowest BCUT2D eigenvalue weighted by Crippen LogP contribution is -2.08. The first-order valence-corrected chi connectivity index (χ1v) is 4.68. The summed E-state index contributed by atoms with van der Waals surface area (Å²) in [5.41, 5.74) is 1.02. The third kappa shape index (κ3) is 3.42. The van der Waals surface area contributed by atoms with E-state index in [-0.39, 0.29) is 11.9 Å². The standard InChI is InChI=1S/C11H13NO3/c1-3-15-11(14)9-5-4-6-10(7-9)12-8(2)13/h4-7H,3H2,1-2H3,(H,12,13). The van der Waals surface area contributed by atoms with Gasteiger partial charge in [-0.1, -0.05) is 6.07 Å². The second-order valence-electron chi connectivity index (χ2n) is 2.98. The van der Waals surface area contributed by atoms with Crippen molar-refractivity contribution in [3.63, 3.8) is 0 Å². The van der Waals surface area contributed by atoms with Gasteiger partial charge in [0.05, 0.1) is 12.2 Å². The van der Waals surface area contributed by atoms with Gasteiger partial charge in [0.25, 0.3) is 0 Å². The van der Waals surface area contributed by atoms with Crippen LogP contribution in [0.25, 0.3) is 0 Å². The number of nitrogens with one attached hydrogen (secondary N) is 1. The van der Waals surface area contributed by atoms with E-state index >= 15 is 0 Å². The lowest BCUT2D eigenvalue weighted by atomic mass is 10.2. The van der Waals surface area contributed by atoms with Crippen molar-refractivity contribution in [2.75, 3.05) is 11.9 Å². The molecule has 0 aliphatic rings. The largest absolute Gasteiger partial charge is 0.462 e. The fraction of sp³-hybridized carbons (Fsp3) is 0.273. The Morgan fingerprint density at radius 2 is 2.13 bits per heavy atom. The molecule has 0 heterocycles. The van der Waals surface area contributed by atoms with Crippen molar-refractivity contribution in [3.8, 4) is 0 Å².